The first-order chi connectivity index (χ1) is 17.6. The van der Waals surface area contributed by atoms with E-state index in [1.165, 1.54) is 17.8 Å². The van der Waals surface area contributed by atoms with Crippen LogP contribution >= 0.6 is 0 Å². The fraction of sp³-hybridized carbons (Fsp3) is 0.321. The van der Waals surface area contributed by atoms with Crippen LogP contribution in [0.3, 0.4) is 0 Å². The summed E-state index contributed by atoms with van der Waals surface area (Å²) in [4.78, 5) is 15.3. The molecular weight excluding hydrogens is 479 g/mol. The molecule has 1 aliphatic heterocycles. The van der Waals surface area contributed by atoms with Crippen LogP contribution in [0.5, 0.6) is 0 Å². The zero-order valence-electron chi connectivity index (χ0n) is 20.9. The van der Waals surface area contributed by atoms with Crippen molar-refractivity contribution in [2.75, 3.05) is 23.3 Å². The Hall–Kier alpha value is -3.88. The smallest absolute Gasteiger partial charge is 0.419 e. The molecule has 0 aliphatic carbocycles. The molecule has 3 aromatic heterocycles. The van der Waals surface area contributed by atoms with Gasteiger partial charge in [0.1, 0.15) is 11.6 Å². The summed E-state index contributed by atoms with van der Waals surface area (Å²) in [5.74, 6) is 1.52. The zero-order valence-corrected chi connectivity index (χ0v) is 20.9. The highest BCUT2D eigenvalue weighted by molar-refractivity contribution is 5.64. The highest BCUT2D eigenvalue weighted by Gasteiger charge is 2.36. The molecule has 0 bridgehead atoms. The Morgan fingerprint density at radius 1 is 0.919 bits per heavy atom. The number of nitrogens with one attached hydrogen (secondary N) is 1. The topological polar surface area (TPSA) is 67.1 Å². The predicted molar refractivity (Wildman–Crippen MR) is 137 cm³/mol. The van der Waals surface area contributed by atoms with E-state index in [2.05, 4.69) is 43.2 Å². The fourth-order valence-corrected chi connectivity index (χ4v) is 4.49. The Bertz CT molecular complexity index is 1380. The number of aromatic nitrogens is 3. The van der Waals surface area contributed by atoms with Crippen LogP contribution in [0.1, 0.15) is 43.2 Å². The SMILES string of the molecule is CC(C)(C)c1ccc(Nc2nc(-c3ccco3)nc3c2CCN(c2ncccc2C(F)(F)F)CC3)cc1. The quantitative estimate of drug-likeness (QED) is 0.328. The average molecular weight is 508 g/mol. The van der Waals surface area contributed by atoms with Crippen molar-refractivity contribution >= 4 is 17.3 Å². The second-order valence-corrected chi connectivity index (χ2v) is 10.1. The second-order valence-electron chi connectivity index (χ2n) is 10.1. The third-order valence-corrected chi connectivity index (χ3v) is 6.49. The van der Waals surface area contributed by atoms with Gasteiger partial charge in [-0.25, -0.2) is 15.0 Å². The Labute approximate surface area is 213 Å². The van der Waals surface area contributed by atoms with E-state index >= 15 is 0 Å². The monoisotopic (exact) mass is 507 g/mol. The molecule has 4 heterocycles. The summed E-state index contributed by atoms with van der Waals surface area (Å²) in [6.07, 6.45) is -0.627. The molecule has 5 rings (SSSR count). The van der Waals surface area contributed by atoms with Crippen molar-refractivity contribution in [1.29, 1.82) is 0 Å². The van der Waals surface area contributed by atoms with Crippen molar-refractivity contribution in [3.63, 3.8) is 0 Å². The molecule has 6 nitrogen and oxygen atoms in total. The molecule has 0 spiro atoms. The van der Waals surface area contributed by atoms with E-state index in [0.29, 0.717) is 43.3 Å². The van der Waals surface area contributed by atoms with Gasteiger partial charge in [0.25, 0.3) is 0 Å². The Morgan fingerprint density at radius 3 is 2.35 bits per heavy atom. The lowest BCUT2D eigenvalue weighted by molar-refractivity contribution is -0.137. The number of pyridine rings is 1. The van der Waals surface area contributed by atoms with Crippen LogP contribution in [0.15, 0.2) is 65.4 Å². The van der Waals surface area contributed by atoms with Crippen LogP contribution in [-0.2, 0) is 24.4 Å². The average Bonchev–Trinajstić information content (AvgIpc) is 3.31. The first-order valence-electron chi connectivity index (χ1n) is 12.2. The van der Waals surface area contributed by atoms with Gasteiger partial charge in [0.15, 0.2) is 11.6 Å². The molecule has 1 aromatic carbocycles. The number of nitrogens with zero attached hydrogens (tertiary/aromatic N) is 4. The summed E-state index contributed by atoms with van der Waals surface area (Å²) in [5, 5.41) is 3.42. The molecule has 1 aliphatic rings. The third kappa shape index (κ3) is 5.30. The van der Waals surface area contributed by atoms with Crippen molar-refractivity contribution in [3.05, 3.63) is 83.4 Å². The number of benzene rings is 1. The van der Waals surface area contributed by atoms with Gasteiger partial charge in [0, 0.05) is 37.0 Å². The molecule has 0 saturated heterocycles. The summed E-state index contributed by atoms with van der Waals surface area (Å²) in [6, 6.07) is 14.1. The van der Waals surface area contributed by atoms with Gasteiger partial charge in [-0.2, -0.15) is 13.2 Å². The van der Waals surface area contributed by atoms with Crippen molar-refractivity contribution in [1.82, 2.24) is 15.0 Å². The molecule has 1 N–H and O–H groups in total. The maximum atomic E-state index is 13.7. The van der Waals surface area contributed by atoms with Gasteiger partial charge >= 0.3 is 6.18 Å². The van der Waals surface area contributed by atoms with Gasteiger partial charge in [-0.15, -0.1) is 0 Å². The van der Waals surface area contributed by atoms with Gasteiger partial charge in [0.2, 0.25) is 0 Å². The normalized spacial score (nSPS) is 14.3. The van der Waals surface area contributed by atoms with E-state index < -0.39 is 11.7 Å². The van der Waals surface area contributed by atoms with Gasteiger partial charge in [0.05, 0.1) is 17.5 Å². The molecule has 0 fully saturated rings. The van der Waals surface area contributed by atoms with Crippen molar-refractivity contribution in [2.45, 2.75) is 45.2 Å². The number of anilines is 3. The zero-order chi connectivity index (χ0) is 26.2. The van der Waals surface area contributed by atoms with Gasteiger partial charge in [-0.3, -0.25) is 0 Å². The summed E-state index contributed by atoms with van der Waals surface area (Å²) in [5.41, 5.74) is 3.03. The van der Waals surface area contributed by atoms with Crippen LogP contribution in [0.2, 0.25) is 0 Å². The third-order valence-electron chi connectivity index (χ3n) is 6.49. The maximum Gasteiger partial charge on any atom is 0.419 e. The summed E-state index contributed by atoms with van der Waals surface area (Å²) >= 11 is 0. The maximum absolute atomic E-state index is 13.7. The van der Waals surface area contributed by atoms with E-state index in [9.17, 15) is 13.2 Å². The van der Waals surface area contributed by atoms with E-state index in [1.807, 2.05) is 12.1 Å². The van der Waals surface area contributed by atoms with Crippen LogP contribution in [0, 0.1) is 0 Å². The Morgan fingerprint density at radius 2 is 1.68 bits per heavy atom. The minimum absolute atomic E-state index is 0.0290. The van der Waals surface area contributed by atoms with Crippen LogP contribution in [0.25, 0.3) is 11.6 Å². The number of fused-ring (bicyclic) bond motifs is 1. The van der Waals surface area contributed by atoms with E-state index in [0.717, 1.165) is 23.0 Å². The first kappa shape index (κ1) is 24.8. The molecule has 192 valence electrons. The van der Waals surface area contributed by atoms with Crippen molar-refractivity contribution < 1.29 is 17.6 Å². The summed E-state index contributed by atoms with van der Waals surface area (Å²) in [6.45, 7) is 7.18. The molecular formula is C28H28F3N5O. The molecule has 0 radical (unpaired) electrons. The summed E-state index contributed by atoms with van der Waals surface area (Å²) in [7, 11) is 0. The molecule has 0 amide bonds. The molecule has 0 saturated carbocycles. The Kier molecular flexibility index (Phi) is 6.39. The van der Waals surface area contributed by atoms with Crippen molar-refractivity contribution in [2.24, 2.45) is 0 Å². The number of furan rings is 1. The lowest BCUT2D eigenvalue weighted by Gasteiger charge is -2.24. The minimum Gasteiger partial charge on any atom is -0.461 e. The molecule has 4 aromatic rings. The van der Waals surface area contributed by atoms with E-state index in [4.69, 9.17) is 14.4 Å². The van der Waals surface area contributed by atoms with Gasteiger partial charge in [-0.1, -0.05) is 32.9 Å². The van der Waals surface area contributed by atoms with Crippen molar-refractivity contribution in [3.8, 4) is 11.6 Å². The van der Waals surface area contributed by atoms with Crippen LogP contribution in [-0.4, -0.2) is 28.0 Å². The van der Waals surface area contributed by atoms with E-state index in [-0.39, 0.29) is 11.2 Å². The molecule has 9 heteroatoms. The van der Waals surface area contributed by atoms with Gasteiger partial charge < -0.3 is 14.6 Å². The standard InChI is InChI=1S/C28H28F3N5O/c1-27(2,3)18-8-10-19(11-9-18)33-24-20-12-15-36(26-21(28(29,30)31)6-4-14-32-26)16-13-22(20)34-25(35-24)23-7-5-17-37-23/h4-11,14,17H,12-13,15-16H2,1-3H3,(H,33,34,35). The largest absolute Gasteiger partial charge is 0.461 e. The molecule has 0 atom stereocenters. The molecule has 37 heavy (non-hydrogen) atoms. The van der Waals surface area contributed by atoms with Gasteiger partial charge in [-0.05, 0) is 53.8 Å². The number of rotatable bonds is 4. The van der Waals surface area contributed by atoms with Crippen LogP contribution < -0.4 is 10.2 Å². The highest BCUT2D eigenvalue weighted by atomic mass is 19.4. The first-order valence-corrected chi connectivity index (χ1v) is 12.2. The Balaban J connectivity index is 1.50. The van der Waals surface area contributed by atoms with Crippen LogP contribution in [0.4, 0.5) is 30.5 Å². The predicted octanol–water partition coefficient (Wildman–Crippen LogP) is 6.80. The molecule has 0 unspecified atom stereocenters. The number of alkyl halides is 3. The van der Waals surface area contributed by atoms with E-state index in [1.54, 1.807) is 23.3 Å². The fourth-order valence-electron chi connectivity index (χ4n) is 4.49. The lowest BCUT2D eigenvalue weighted by Crippen LogP contribution is -2.29. The number of hydrogen-bond acceptors (Lipinski definition) is 6. The number of halogens is 3. The second kappa shape index (κ2) is 9.53. The minimum atomic E-state index is -4.49. The highest BCUT2D eigenvalue weighted by Crippen LogP contribution is 2.36. The summed E-state index contributed by atoms with van der Waals surface area (Å²) < 4.78 is 46.6. The number of hydrogen-bond donors (Lipinski definition) is 1. The lowest BCUT2D eigenvalue weighted by atomic mass is 9.87.